The highest BCUT2D eigenvalue weighted by Crippen LogP contribution is 2.17. The standard InChI is InChI=1S/C32H26ClN5O4/c1-21-5-7-23(8-6-21)13-18-27(39)36-28-29(33)38(32(42)37(2)31(28)41)19-3-4-22-11-16-26(17-12-22)35-30(40)25-14-9-24(20-34)10-15-25/h5-12,14-17H,13,18-19H2,1-2H3,(H,35,40)(H,36,39). The van der Waals surface area contributed by atoms with E-state index in [0.717, 1.165) is 20.3 Å². The van der Waals surface area contributed by atoms with Crippen LogP contribution in [0.3, 0.4) is 0 Å². The number of benzene rings is 3. The number of nitrogens with zero attached hydrogens (tertiary/aromatic N) is 3. The first-order valence-electron chi connectivity index (χ1n) is 12.9. The van der Waals surface area contributed by atoms with Crippen LogP contribution in [-0.4, -0.2) is 20.9 Å². The van der Waals surface area contributed by atoms with Gasteiger partial charge in [0, 0.05) is 30.3 Å². The van der Waals surface area contributed by atoms with Crippen molar-refractivity contribution in [1.29, 1.82) is 5.26 Å². The highest BCUT2D eigenvalue weighted by molar-refractivity contribution is 6.32. The summed E-state index contributed by atoms with van der Waals surface area (Å²) in [6, 6.07) is 22.9. The van der Waals surface area contributed by atoms with Crippen LogP contribution in [0.25, 0.3) is 0 Å². The smallest absolute Gasteiger partial charge is 0.322 e. The third-order valence-corrected chi connectivity index (χ3v) is 6.79. The summed E-state index contributed by atoms with van der Waals surface area (Å²) in [5, 5.41) is 14.0. The molecule has 1 heterocycles. The minimum Gasteiger partial charge on any atom is -0.322 e. The van der Waals surface area contributed by atoms with Crippen molar-refractivity contribution in [3.05, 3.63) is 127 Å². The first-order valence-corrected chi connectivity index (χ1v) is 13.3. The van der Waals surface area contributed by atoms with Gasteiger partial charge in [-0.1, -0.05) is 53.3 Å². The van der Waals surface area contributed by atoms with Gasteiger partial charge in [0.05, 0.1) is 18.2 Å². The van der Waals surface area contributed by atoms with E-state index in [9.17, 15) is 19.2 Å². The first-order chi connectivity index (χ1) is 20.2. The number of halogens is 1. The van der Waals surface area contributed by atoms with E-state index in [1.54, 1.807) is 48.5 Å². The predicted molar refractivity (Wildman–Crippen MR) is 162 cm³/mol. The third kappa shape index (κ3) is 7.22. The monoisotopic (exact) mass is 579 g/mol. The summed E-state index contributed by atoms with van der Waals surface area (Å²) in [6.45, 7) is 1.85. The number of carbonyl (C=O) groups is 2. The Balaban J connectivity index is 1.42. The summed E-state index contributed by atoms with van der Waals surface area (Å²) in [4.78, 5) is 50.5. The van der Waals surface area contributed by atoms with Gasteiger partial charge in [-0.25, -0.2) is 4.79 Å². The molecule has 0 aliphatic carbocycles. The van der Waals surface area contributed by atoms with Crippen LogP contribution >= 0.6 is 11.6 Å². The van der Waals surface area contributed by atoms with Crippen molar-refractivity contribution in [3.63, 3.8) is 0 Å². The number of hydrogen-bond donors (Lipinski definition) is 2. The minimum atomic E-state index is -0.712. The van der Waals surface area contributed by atoms with E-state index in [1.165, 1.54) is 7.05 Å². The molecule has 0 aliphatic rings. The van der Waals surface area contributed by atoms with Gasteiger partial charge in [0.25, 0.3) is 11.5 Å². The Kier molecular flexibility index (Phi) is 9.39. The molecule has 2 amide bonds. The molecule has 0 atom stereocenters. The number of anilines is 2. The Morgan fingerprint density at radius 2 is 1.55 bits per heavy atom. The zero-order valence-corrected chi connectivity index (χ0v) is 23.7. The fourth-order valence-corrected chi connectivity index (χ4v) is 4.22. The molecule has 210 valence electrons. The molecular formula is C32H26ClN5O4. The minimum absolute atomic E-state index is 0.130. The van der Waals surface area contributed by atoms with Gasteiger partial charge >= 0.3 is 5.69 Å². The quantitative estimate of drug-likeness (QED) is 0.250. The predicted octanol–water partition coefficient (Wildman–Crippen LogP) is 4.26. The van der Waals surface area contributed by atoms with Crippen LogP contribution in [0.4, 0.5) is 11.4 Å². The van der Waals surface area contributed by atoms with Gasteiger partial charge in [-0.2, -0.15) is 5.26 Å². The maximum Gasteiger partial charge on any atom is 0.332 e. The molecule has 1 aromatic heterocycles. The van der Waals surface area contributed by atoms with E-state index in [0.29, 0.717) is 28.8 Å². The first kappa shape index (κ1) is 29.6. The van der Waals surface area contributed by atoms with E-state index < -0.39 is 17.2 Å². The number of nitrogens with one attached hydrogen (secondary N) is 2. The molecule has 0 spiro atoms. The number of amides is 2. The normalized spacial score (nSPS) is 10.2. The lowest BCUT2D eigenvalue weighted by molar-refractivity contribution is -0.116. The SMILES string of the molecule is Cc1ccc(CCC(=O)Nc2c(Cl)n(CC#Cc3ccc(NC(=O)c4ccc(C#N)cc4)cc3)c(=O)n(C)c2=O)cc1. The molecule has 10 heteroatoms. The van der Waals surface area contributed by atoms with Crippen LogP contribution in [0, 0.1) is 30.1 Å². The summed E-state index contributed by atoms with van der Waals surface area (Å²) in [7, 11) is 1.30. The fourth-order valence-electron chi connectivity index (χ4n) is 3.96. The average Bonchev–Trinajstić information content (AvgIpc) is 3.00. The van der Waals surface area contributed by atoms with E-state index in [4.69, 9.17) is 16.9 Å². The summed E-state index contributed by atoms with van der Waals surface area (Å²) in [6.07, 6.45) is 0.610. The highest BCUT2D eigenvalue weighted by Gasteiger charge is 2.18. The maximum absolute atomic E-state index is 12.7. The Hall–Kier alpha value is -5.38. The van der Waals surface area contributed by atoms with Crippen molar-refractivity contribution >= 4 is 34.8 Å². The fraction of sp³-hybridized carbons (Fsp3) is 0.156. The van der Waals surface area contributed by atoms with Gasteiger partial charge in [0.15, 0.2) is 0 Å². The number of aromatic nitrogens is 2. The molecule has 2 N–H and O–H groups in total. The maximum atomic E-state index is 12.7. The molecular weight excluding hydrogens is 554 g/mol. The van der Waals surface area contributed by atoms with Crippen LogP contribution in [-0.2, 0) is 24.8 Å². The van der Waals surface area contributed by atoms with Gasteiger partial charge in [-0.15, -0.1) is 0 Å². The Labute approximate surface area is 247 Å². The van der Waals surface area contributed by atoms with Crippen LogP contribution < -0.4 is 21.9 Å². The molecule has 9 nitrogen and oxygen atoms in total. The van der Waals surface area contributed by atoms with Crippen molar-refractivity contribution in [2.75, 3.05) is 10.6 Å². The zero-order valence-electron chi connectivity index (χ0n) is 22.9. The van der Waals surface area contributed by atoms with Gasteiger partial charge in [-0.3, -0.25) is 23.5 Å². The molecule has 0 aliphatic heterocycles. The van der Waals surface area contributed by atoms with Crippen LogP contribution in [0.1, 0.15) is 39.0 Å². The van der Waals surface area contributed by atoms with Gasteiger partial charge in [0.2, 0.25) is 5.91 Å². The lowest BCUT2D eigenvalue weighted by atomic mass is 10.1. The van der Waals surface area contributed by atoms with E-state index >= 15 is 0 Å². The number of carbonyl (C=O) groups excluding carboxylic acids is 2. The molecule has 0 saturated carbocycles. The largest absolute Gasteiger partial charge is 0.332 e. The second-order valence-electron chi connectivity index (χ2n) is 9.45. The second kappa shape index (κ2) is 13.3. The Bertz CT molecular complexity index is 1860. The highest BCUT2D eigenvalue weighted by atomic mass is 35.5. The molecule has 0 unspecified atom stereocenters. The molecule has 0 saturated heterocycles. The Morgan fingerprint density at radius 1 is 0.905 bits per heavy atom. The van der Waals surface area contributed by atoms with Crippen molar-refractivity contribution < 1.29 is 9.59 Å². The zero-order chi connectivity index (χ0) is 30.2. The van der Waals surface area contributed by atoms with Crippen molar-refractivity contribution in [1.82, 2.24) is 9.13 Å². The van der Waals surface area contributed by atoms with Gasteiger partial charge in [0.1, 0.15) is 10.8 Å². The van der Waals surface area contributed by atoms with E-state index in [1.807, 2.05) is 37.3 Å². The third-order valence-electron chi connectivity index (χ3n) is 6.39. The van der Waals surface area contributed by atoms with E-state index in [2.05, 4.69) is 22.5 Å². The summed E-state index contributed by atoms with van der Waals surface area (Å²) < 4.78 is 1.98. The second-order valence-corrected chi connectivity index (χ2v) is 9.81. The summed E-state index contributed by atoms with van der Waals surface area (Å²) >= 11 is 6.40. The lowest BCUT2D eigenvalue weighted by Crippen LogP contribution is -2.40. The van der Waals surface area contributed by atoms with Crippen molar-refractivity contribution in [2.24, 2.45) is 7.05 Å². The number of hydrogen-bond acceptors (Lipinski definition) is 5. The molecule has 0 fully saturated rings. The lowest BCUT2D eigenvalue weighted by Gasteiger charge is -2.13. The Morgan fingerprint density at radius 3 is 2.19 bits per heavy atom. The van der Waals surface area contributed by atoms with Gasteiger partial charge < -0.3 is 10.6 Å². The summed E-state index contributed by atoms with van der Waals surface area (Å²) in [5.74, 6) is 5.06. The van der Waals surface area contributed by atoms with Crippen LogP contribution in [0.5, 0.6) is 0 Å². The molecule has 4 rings (SSSR count). The van der Waals surface area contributed by atoms with Crippen LogP contribution in [0.2, 0.25) is 5.15 Å². The van der Waals surface area contributed by atoms with Crippen molar-refractivity contribution in [2.45, 2.75) is 26.3 Å². The van der Waals surface area contributed by atoms with Crippen LogP contribution in [0.15, 0.2) is 82.4 Å². The van der Waals surface area contributed by atoms with Gasteiger partial charge in [-0.05, 0) is 67.4 Å². The van der Waals surface area contributed by atoms with Crippen molar-refractivity contribution in [3.8, 4) is 17.9 Å². The van der Waals surface area contributed by atoms with E-state index in [-0.39, 0.29) is 29.7 Å². The molecule has 4 aromatic rings. The molecule has 42 heavy (non-hydrogen) atoms. The molecule has 0 bridgehead atoms. The molecule has 0 radical (unpaired) electrons. The molecule has 3 aromatic carbocycles. The number of rotatable bonds is 7. The number of nitriles is 1. The summed E-state index contributed by atoms with van der Waals surface area (Å²) in [5.41, 5.74) is 2.58. The average molecular weight is 580 g/mol. The number of aryl methyl sites for hydroxylation is 2. The topological polar surface area (TPSA) is 126 Å².